The molecule has 0 saturated carbocycles. The average Bonchev–Trinajstić information content (AvgIpc) is 2.12. The molecule has 2 nitrogen and oxygen atoms in total. The van der Waals surface area contributed by atoms with E-state index in [9.17, 15) is 0 Å². The Balaban J connectivity index is 3.37. The topological polar surface area (TPSA) is 35.2 Å². The van der Waals surface area contributed by atoms with Gasteiger partial charge < -0.3 is 10.5 Å². The van der Waals surface area contributed by atoms with Crippen LogP contribution in [0.3, 0.4) is 0 Å². The lowest BCUT2D eigenvalue weighted by Gasteiger charge is -2.12. The molecule has 13 heavy (non-hydrogen) atoms. The van der Waals surface area contributed by atoms with Crippen LogP contribution >= 0.6 is 11.6 Å². The van der Waals surface area contributed by atoms with E-state index in [0.717, 1.165) is 22.4 Å². The van der Waals surface area contributed by atoms with Crippen LogP contribution in [0.4, 0.5) is 0 Å². The van der Waals surface area contributed by atoms with Gasteiger partial charge in [0.05, 0.1) is 12.1 Å². The van der Waals surface area contributed by atoms with Gasteiger partial charge in [-0.25, -0.2) is 0 Å². The monoisotopic (exact) mass is 199 g/mol. The Labute approximate surface area is 83.6 Å². The highest BCUT2D eigenvalue weighted by atomic mass is 35.5. The smallest absolute Gasteiger partial charge is 0.140 e. The van der Waals surface area contributed by atoms with Gasteiger partial charge in [0.2, 0.25) is 0 Å². The van der Waals surface area contributed by atoms with E-state index >= 15 is 0 Å². The lowest BCUT2D eigenvalue weighted by Crippen LogP contribution is -2.02. The Morgan fingerprint density at radius 3 is 2.54 bits per heavy atom. The van der Waals surface area contributed by atoms with Crippen molar-refractivity contribution in [1.29, 1.82) is 0 Å². The minimum Gasteiger partial charge on any atom is -0.495 e. The van der Waals surface area contributed by atoms with Crippen LogP contribution in [-0.4, -0.2) is 7.11 Å². The second-order valence-electron chi connectivity index (χ2n) is 3.03. The molecule has 0 radical (unpaired) electrons. The molecular weight excluding hydrogens is 186 g/mol. The molecule has 0 aromatic heterocycles. The minimum atomic E-state index is 0.510. The minimum absolute atomic E-state index is 0.510. The first-order chi connectivity index (χ1) is 6.11. The summed E-state index contributed by atoms with van der Waals surface area (Å²) in [5, 5.41) is 0.669. The second kappa shape index (κ2) is 3.99. The summed E-state index contributed by atoms with van der Waals surface area (Å²) < 4.78 is 5.18. The molecule has 72 valence electrons. The van der Waals surface area contributed by atoms with Gasteiger partial charge in [0.25, 0.3) is 0 Å². The van der Waals surface area contributed by atoms with Crippen molar-refractivity contribution in [3.8, 4) is 5.75 Å². The molecule has 0 spiro atoms. The molecule has 1 aromatic carbocycles. The summed E-state index contributed by atoms with van der Waals surface area (Å²) in [6, 6.07) is 2.01. The fourth-order valence-corrected chi connectivity index (χ4v) is 1.73. The molecule has 0 unspecified atom stereocenters. The predicted molar refractivity (Wildman–Crippen MR) is 55.4 cm³/mol. The van der Waals surface area contributed by atoms with Gasteiger partial charge in [-0.3, -0.25) is 0 Å². The van der Waals surface area contributed by atoms with E-state index in [1.165, 1.54) is 0 Å². The van der Waals surface area contributed by atoms with Crippen LogP contribution in [0.1, 0.15) is 16.7 Å². The molecule has 1 rings (SSSR count). The standard InChI is InChI=1S/C10H14ClNO/c1-6-4-8(5-12)7(2)9(11)10(6)13-3/h4H,5,12H2,1-3H3. The number of nitrogens with two attached hydrogens (primary N) is 1. The third-order valence-corrected chi connectivity index (χ3v) is 2.64. The number of hydrogen-bond donors (Lipinski definition) is 1. The van der Waals surface area contributed by atoms with Crippen molar-refractivity contribution in [3.63, 3.8) is 0 Å². The molecular formula is C10H14ClNO. The van der Waals surface area contributed by atoms with Gasteiger partial charge in [-0.2, -0.15) is 0 Å². The van der Waals surface area contributed by atoms with Gasteiger partial charge in [0.15, 0.2) is 0 Å². The maximum Gasteiger partial charge on any atom is 0.140 e. The normalized spacial score (nSPS) is 10.2. The van der Waals surface area contributed by atoms with Crippen molar-refractivity contribution in [2.24, 2.45) is 5.73 Å². The Morgan fingerprint density at radius 2 is 2.08 bits per heavy atom. The van der Waals surface area contributed by atoms with E-state index in [2.05, 4.69) is 0 Å². The van der Waals surface area contributed by atoms with Crippen molar-refractivity contribution >= 4 is 11.6 Å². The number of methoxy groups -OCH3 is 1. The van der Waals surface area contributed by atoms with Crippen LogP contribution in [0.2, 0.25) is 5.02 Å². The Kier molecular flexibility index (Phi) is 3.17. The average molecular weight is 200 g/mol. The first-order valence-electron chi connectivity index (χ1n) is 4.14. The summed E-state index contributed by atoms with van der Waals surface area (Å²) in [5.74, 6) is 0.747. The van der Waals surface area contributed by atoms with Gasteiger partial charge >= 0.3 is 0 Å². The van der Waals surface area contributed by atoms with Crippen molar-refractivity contribution in [3.05, 3.63) is 27.8 Å². The molecule has 0 amide bonds. The van der Waals surface area contributed by atoms with E-state index in [1.54, 1.807) is 7.11 Å². The summed E-state index contributed by atoms with van der Waals surface area (Å²) in [7, 11) is 1.62. The number of halogens is 1. The zero-order valence-electron chi connectivity index (χ0n) is 8.15. The molecule has 0 heterocycles. The van der Waals surface area contributed by atoms with E-state index in [1.807, 2.05) is 19.9 Å². The number of ether oxygens (including phenoxy) is 1. The predicted octanol–water partition coefficient (Wildman–Crippen LogP) is 2.42. The lowest BCUT2D eigenvalue weighted by molar-refractivity contribution is 0.411. The largest absolute Gasteiger partial charge is 0.495 e. The van der Waals surface area contributed by atoms with Crippen LogP contribution in [0.15, 0.2) is 6.07 Å². The molecule has 1 aromatic rings. The summed E-state index contributed by atoms with van der Waals surface area (Å²) in [6.07, 6.45) is 0. The summed E-state index contributed by atoms with van der Waals surface area (Å²) >= 11 is 6.10. The highest BCUT2D eigenvalue weighted by Gasteiger charge is 2.10. The van der Waals surface area contributed by atoms with Gasteiger partial charge in [-0.1, -0.05) is 17.7 Å². The Bertz CT molecular complexity index is 323. The molecule has 2 N–H and O–H groups in total. The third kappa shape index (κ3) is 1.79. The Hall–Kier alpha value is -0.730. The van der Waals surface area contributed by atoms with E-state index in [4.69, 9.17) is 22.1 Å². The van der Waals surface area contributed by atoms with Crippen LogP contribution < -0.4 is 10.5 Å². The fourth-order valence-electron chi connectivity index (χ4n) is 1.38. The highest BCUT2D eigenvalue weighted by Crippen LogP contribution is 2.33. The first-order valence-corrected chi connectivity index (χ1v) is 4.52. The summed E-state index contributed by atoms with van der Waals surface area (Å²) in [5.41, 5.74) is 8.69. The zero-order chi connectivity index (χ0) is 10.0. The van der Waals surface area contributed by atoms with Crippen molar-refractivity contribution < 1.29 is 4.74 Å². The van der Waals surface area contributed by atoms with Crippen LogP contribution in [0.25, 0.3) is 0 Å². The summed E-state index contributed by atoms with van der Waals surface area (Å²) in [4.78, 5) is 0. The van der Waals surface area contributed by atoms with E-state index in [-0.39, 0.29) is 0 Å². The quantitative estimate of drug-likeness (QED) is 0.794. The Morgan fingerprint density at radius 1 is 1.46 bits per heavy atom. The number of hydrogen-bond acceptors (Lipinski definition) is 2. The number of aryl methyl sites for hydroxylation is 1. The van der Waals surface area contributed by atoms with Crippen molar-refractivity contribution in [1.82, 2.24) is 0 Å². The van der Waals surface area contributed by atoms with Gasteiger partial charge in [-0.05, 0) is 30.5 Å². The molecule has 0 aliphatic heterocycles. The maximum atomic E-state index is 6.10. The molecule has 3 heteroatoms. The van der Waals surface area contributed by atoms with Crippen LogP contribution in [-0.2, 0) is 6.54 Å². The van der Waals surface area contributed by atoms with Crippen molar-refractivity contribution in [2.75, 3.05) is 7.11 Å². The van der Waals surface area contributed by atoms with Crippen LogP contribution in [0, 0.1) is 13.8 Å². The number of rotatable bonds is 2. The first kappa shape index (κ1) is 10.4. The fraction of sp³-hybridized carbons (Fsp3) is 0.400. The van der Waals surface area contributed by atoms with E-state index in [0.29, 0.717) is 11.6 Å². The van der Waals surface area contributed by atoms with Gasteiger partial charge in [0, 0.05) is 6.54 Å². The lowest BCUT2D eigenvalue weighted by atomic mass is 10.0. The highest BCUT2D eigenvalue weighted by molar-refractivity contribution is 6.33. The number of benzene rings is 1. The van der Waals surface area contributed by atoms with E-state index < -0.39 is 0 Å². The molecule has 0 bridgehead atoms. The zero-order valence-corrected chi connectivity index (χ0v) is 8.90. The van der Waals surface area contributed by atoms with Crippen molar-refractivity contribution in [2.45, 2.75) is 20.4 Å². The molecule has 0 saturated heterocycles. The third-order valence-electron chi connectivity index (χ3n) is 2.18. The molecule has 0 aliphatic carbocycles. The second-order valence-corrected chi connectivity index (χ2v) is 3.41. The van der Waals surface area contributed by atoms with Gasteiger partial charge in [-0.15, -0.1) is 0 Å². The molecule has 0 aliphatic rings. The molecule has 0 fully saturated rings. The van der Waals surface area contributed by atoms with Gasteiger partial charge in [0.1, 0.15) is 5.75 Å². The SMILES string of the molecule is COc1c(C)cc(CN)c(C)c1Cl. The molecule has 0 atom stereocenters. The maximum absolute atomic E-state index is 6.10. The van der Waals surface area contributed by atoms with Crippen LogP contribution in [0.5, 0.6) is 5.75 Å². The summed E-state index contributed by atoms with van der Waals surface area (Å²) in [6.45, 7) is 4.42.